The number of hydrogen-bond donors (Lipinski definition) is 0. The summed E-state index contributed by atoms with van der Waals surface area (Å²) in [6.07, 6.45) is 0. The van der Waals surface area contributed by atoms with Crippen LogP contribution >= 0.6 is 7.80 Å². The van der Waals surface area contributed by atoms with Gasteiger partial charge in [-0.15, -0.1) is 0 Å². The summed E-state index contributed by atoms with van der Waals surface area (Å²) in [4.78, 5) is 0. The second-order valence-electron chi connectivity index (χ2n) is 2.88. The maximum absolute atomic E-state index is 11.5. The van der Waals surface area contributed by atoms with Gasteiger partial charge in [-0.1, -0.05) is 44.2 Å². The highest BCUT2D eigenvalue weighted by atomic mass is 31.1. The van der Waals surface area contributed by atoms with E-state index in [4.69, 9.17) is 0 Å². The Hall–Kier alpha value is -0.550. The third-order valence-electron chi connectivity index (χ3n) is 1.58. The fourth-order valence-corrected chi connectivity index (χ4v) is 2.12. The van der Waals surface area contributed by atoms with Gasteiger partial charge in [-0.3, -0.25) is 0 Å². The first-order valence-corrected chi connectivity index (χ1v) is 5.29. The fraction of sp³-hybridized carbons (Fsp3) is 0.333. The van der Waals surface area contributed by atoms with Crippen LogP contribution in [0.5, 0.6) is 0 Å². The van der Waals surface area contributed by atoms with Crippen molar-refractivity contribution < 1.29 is 4.57 Å². The van der Waals surface area contributed by atoms with E-state index < -0.39 is 7.80 Å². The number of hydrogen-bond acceptors (Lipinski definition) is 1. The van der Waals surface area contributed by atoms with Crippen LogP contribution in [0.1, 0.15) is 13.8 Å². The minimum atomic E-state index is -1.53. The maximum atomic E-state index is 11.5. The van der Waals surface area contributed by atoms with Crippen LogP contribution in [0.15, 0.2) is 30.3 Å². The molecule has 0 aliphatic carbocycles. The molecule has 1 aromatic rings. The van der Waals surface area contributed by atoms with Crippen LogP contribution in [-0.4, -0.2) is 5.66 Å². The average Bonchev–Trinajstić information content (AvgIpc) is 2.05. The summed E-state index contributed by atoms with van der Waals surface area (Å²) in [7, 11) is -1.53. The molecule has 1 atom stereocenters. The van der Waals surface area contributed by atoms with Crippen LogP contribution in [-0.2, 0) is 4.57 Å². The molecule has 1 rings (SSSR count). The van der Waals surface area contributed by atoms with E-state index in [1.807, 2.05) is 44.2 Å². The maximum Gasteiger partial charge on any atom is 0.106 e. The fourth-order valence-electron chi connectivity index (χ4n) is 0.936. The molecule has 0 N–H and O–H groups in total. The van der Waals surface area contributed by atoms with Crippen molar-refractivity contribution >= 4 is 13.1 Å². The third kappa shape index (κ3) is 2.20. The van der Waals surface area contributed by atoms with Gasteiger partial charge in [-0.05, 0) is 0 Å². The molecule has 0 bridgehead atoms. The Morgan fingerprint density at radius 2 is 1.73 bits per heavy atom. The average molecular weight is 168 g/mol. The molecule has 1 unspecified atom stereocenters. The smallest absolute Gasteiger partial charge is 0.106 e. The van der Waals surface area contributed by atoms with Crippen molar-refractivity contribution in [3.63, 3.8) is 0 Å². The largest absolute Gasteiger partial charge is 0.322 e. The number of benzene rings is 1. The Morgan fingerprint density at radius 1 is 1.18 bits per heavy atom. The highest BCUT2D eigenvalue weighted by Gasteiger charge is 2.05. The van der Waals surface area contributed by atoms with Crippen molar-refractivity contribution in [3.8, 4) is 0 Å². The van der Waals surface area contributed by atoms with Gasteiger partial charge in [-0.2, -0.15) is 0 Å². The molecule has 0 saturated heterocycles. The second-order valence-corrected chi connectivity index (χ2v) is 5.35. The molecule has 11 heavy (non-hydrogen) atoms. The molecular formula is C9H13OP. The highest BCUT2D eigenvalue weighted by molar-refractivity contribution is 7.54. The lowest BCUT2D eigenvalue weighted by Crippen LogP contribution is -2.00. The molecule has 0 spiro atoms. The molecule has 0 aliphatic heterocycles. The van der Waals surface area contributed by atoms with E-state index >= 15 is 0 Å². The Bertz CT molecular complexity index is 241. The van der Waals surface area contributed by atoms with Crippen molar-refractivity contribution in [2.24, 2.45) is 0 Å². The van der Waals surface area contributed by atoms with E-state index in [0.717, 1.165) is 5.30 Å². The molecule has 0 saturated carbocycles. The molecule has 0 fully saturated rings. The van der Waals surface area contributed by atoms with E-state index in [2.05, 4.69) is 0 Å². The molecular weight excluding hydrogens is 155 g/mol. The Balaban J connectivity index is 2.86. The van der Waals surface area contributed by atoms with Crippen LogP contribution in [0.3, 0.4) is 0 Å². The SMILES string of the molecule is CC(C)[PH](=O)c1ccccc1. The van der Waals surface area contributed by atoms with E-state index in [9.17, 15) is 4.57 Å². The quantitative estimate of drug-likeness (QED) is 0.619. The van der Waals surface area contributed by atoms with Crippen molar-refractivity contribution in [2.75, 3.05) is 0 Å². The minimum Gasteiger partial charge on any atom is -0.322 e. The lowest BCUT2D eigenvalue weighted by molar-refractivity contribution is 0.588. The summed E-state index contributed by atoms with van der Waals surface area (Å²) in [5.74, 6) is 0. The van der Waals surface area contributed by atoms with Crippen LogP contribution in [0.4, 0.5) is 0 Å². The highest BCUT2D eigenvalue weighted by Crippen LogP contribution is 2.25. The zero-order valence-corrected chi connectivity index (χ0v) is 7.87. The normalized spacial score (nSPS) is 13.4. The van der Waals surface area contributed by atoms with Crippen LogP contribution in [0.2, 0.25) is 0 Å². The summed E-state index contributed by atoms with van der Waals surface area (Å²) in [5.41, 5.74) is 0.280. The van der Waals surface area contributed by atoms with E-state index in [0.29, 0.717) is 0 Å². The second kappa shape index (κ2) is 3.73. The first-order valence-electron chi connectivity index (χ1n) is 3.81. The van der Waals surface area contributed by atoms with Gasteiger partial charge in [0.05, 0.1) is 0 Å². The Morgan fingerprint density at radius 3 is 2.18 bits per heavy atom. The third-order valence-corrected chi connectivity index (χ3v) is 3.53. The summed E-state index contributed by atoms with van der Waals surface area (Å²) in [5, 5.41) is 0.993. The summed E-state index contributed by atoms with van der Waals surface area (Å²) in [6.45, 7) is 3.99. The topological polar surface area (TPSA) is 17.1 Å². The molecule has 0 heterocycles. The van der Waals surface area contributed by atoms with Gasteiger partial charge in [-0.25, -0.2) is 0 Å². The first-order chi connectivity index (χ1) is 5.22. The van der Waals surface area contributed by atoms with Crippen molar-refractivity contribution in [1.82, 2.24) is 0 Å². The van der Waals surface area contributed by atoms with E-state index in [1.54, 1.807) is 0 Å². The summed E-state index contributed by atoms with van der Waals surface area (Å²) in [6, 6.07) is 9.67. The lowest BCUT2D eigenvalue weighted by Gasteiger charge is -2.03. The Kier molecular flexibility index (Phi) is 2.90. The van der Waals surface area contributed by atoms with Gasteiger partial charge >= 0.3 is 0 Å². The van der Waals surface area contributed by atoms with Gasteiger partial charge in [0.15, 0.2) is 0 Å². The van der Waals surface area contributed by atoms with Crippen LogP contribution < -0.4 is 5.30 Å². The van der Waals surface area contributed by atoms with Crippen LogP contribution in [0.25, 0.3) is 0 Å². The van der Waals surface area contributed by atoms with E-state index in [-0.39, 0.29) is 5.66 Å². The molecule has 2 heteroatoms. The minimum absolute atomic E-state index is 0.280. The predicted molar refractivity (Wildman–Crippen MR) is 50.2 cm³/mol. The molecule has 1 aromatic carbocycles. The zero-order valence-electron chi connectivity index (χ0n) is 6.87. The summed E-state index contributed by atoms with van der Waals surface area (Å²) < 4.78 is 11.5. The Labute approximate surface area is 68.2 Å². The zero-order chi connectivity index (χ0) is 8.27. The van der Waals surface area contributed by atoms with Crippen molar-refractivity contribution in [3.05, 3.63) is 30.3 Å². The predicted octanol–water partition coefficient (Wildman–Crippen LogP) is 2.28. The van der Waals surface area contributed by atoms with Crippen molar-refractivity contribution in [2.45, 2.75) is 19.5 Å². The van der Waals surface area contributed by atoms with Crippen molar-refractivity contribution in [1.29, 1.82) is 0 Å². The summed E-state index contributed by atoms with van der Waals surface area (Å²) >= 11 is 0. The van der Waals surface area contributed by atoms with Gasteiger partial charge in [0.2, 0.25) is 0 Å². The van der Waals surface area contributed by atoms with E-state index in [1.165, 1.54) is 0 Å². The molecule has 1 nitrogen and oxygen atoms in total. The van der Waals surface area contributed by atoms with Gasteiger partial charge in [0.25, 0.3) is 0 Å². The molecule has 60 valence electrons. The van der Waals surface area contributed by atoms with Gasteiger partial charge in [0, 0.05) is 11.0 Å². The first kappa shape index (κ1) is 8.55. The van der Waals surface area contributed by atoms with Crippen LogP contribution in [0, 0.1) is 0 Å². The molecule has 0 amide bonds. The molecule has 0 aromatic heterocycles. The van der Waals surface area contributed by atoms with Gasteiger partial charge in [0.1, 0.15) is 7.80 Å². The monoisotopic (exact) mass is 168 g/mol. The molecule has 0 radical (unpaired) electrons. The number of rotatable bonds is 2. The standard InChI is InChI=1S/C9H13OP/c1-8(2)11(10)9-6-4-3-5-7-9/h3-8,11H,1-2H3. The van der Waals surface area contributed by atoms with Gasteiger partial charge < -0.3 is 4.57 Å². The lowest BCUT2D eigenvalue weighted by atomic mass is 10.4. The molecule has 0 aliphatic rings.